The summed E-state index contributed by atoms with van der Waals surface area (Å²) in [5.74, 6) is -0.717. The number of carbonyl (C=O) groups is 2. The molecule has 22 heavy (non-hydrogen) atoms. The summed E-state index contributed by atoms with van der Waals surface area (Å²) in [5.41, 5.74) is 8.32. The first kappa shape index (κ1) is 15.7. The lowest BCUT2D eigenvalue weighted by atomic mass is 9.98. The number of primary amides is 1. The molecule has 2 amide bonds. The van der Waals surface area contributed by atoms with Gasteiger partial charge in [0, 0.05) is 23.9 Å². The van der Waals surface area contributed by atoms with Gasteiger partial charge in [0.25, 0.3) is 5.91 Å². The Morgan fingerprint density at radius 3 is 2.55 bits per heavy atom. The molecule has 1 heterocycles. The summed E-state index contributed by atoms with van der Waals surface area (Å²) < 4.78 is 0. The number of aromatic nitrogens is 1. The third kappa shape index (κ3) is 3.31. The average Bonchev–Trinajstić information content (AvgIpc) is 2.53. The maximum Gasteiger partial charge on any atom is 0.254 e. The minimum absolute atomic E-state index is 0.0808. The van der Waals surface area contributed by atoms with E-state index in [1.807, 2.05) is 44.2 Å². The Labute approximate surface area is 129 Å². The summed E-state index contributed by atoms with van der Waals surface area (Å²) in [6.45, 7) is 4.05. The van der Waals surface area contributed by atoms with Crippen molar-refractivity contribution < 1.29 is 9.59 Å². The van der Waals surface area contributed by atoms with Crippen LogP contribution in [0.5, 0.6) is 0 Å². The van der Waals surface area contributed by atoms with E-state index in [1.165, 1.54) is 4.90 Å². The fraction of sp³-hybridized carbons (Fsp3) is 0.235. The highest BCUT2D eigenvalue weighted by Gasteiger charge is 2.19. The van der Waals surface area contributed by atoms with Crippen LogP contribution in [-0.2, 0) is 4.79 Å². The van der Waals surface area contributed by atoms with Crippen LogP contribution in [-0.4, -0.2) is 34.8 Å². The minimum atomic E-state index is -0.520. The molecule has 1 aromatic carbocycles. The zero-order valence-corrected chi connectivity index (χ0v) is 12.7. The van der Waals surface area contributed by atoms with Gasteiger partial charge >= 0.3 is 0 Å². The molecule has 5 nitrogen and oxygen atoms in total. The molecule has 0 aliphatic rings. The van der Waals surface area contributed by atoms with Gasteiger partial charge in [0.15, 0.2) is 0 Å². The zero-order chi connectivity index (χ0) is 16.1. The van der Waals surface area contributed by atoms with Gasteiger partial charge in [-0.05, 0) is 37.6 Å². The van der Waals surface area contributed by atoms with Gasteiger partial charge in [-0.2, -0.15) is 0 Å². The van der Waals surface area contributed by atoms with Gasteiger partial charge in [-0.15, -0.1) is 0 Å². The number of hydrogen-bond donors (Lipinski definition) is 1. The molecule has 1 aromatic heterocycles. The van der Waals surface area contributed by atoms with Crippen LogP contribution in [0, 0.1) is 6.92 Å². The van der Waals surface area contributed by atoms with E-state index in [0.717, 1.165) is 16.8 Å². The van der Waals surface area contributed by atoms with E-state index in [1.54, 1.807) is 12.3 Å². The molecule has 114 valence electrons. The maximum absolute atomic E-state index is 12.6. The zero-order valence-electron chi connectivity index (χ0n) is 12.7. The monoisotopic (exact) mass is 297 g/mol. The average molecular weight is 297 g/mol. The molecule has 2 rings (SSSR count). The molecule has 0 saturated heterocycles. The second kappa shape index (κ2) is 6.85. The number of pyridine rings is 1. The van der Waals surface area contributed by atoms with Crippen LogP contribution in [0.25, 0.3) is 11.3 Å². The fourth-order valence-electron chi connectivity index (χ4n) is 2.35. The van der Waals surface area contributed by atoms with E-state index in [4.69, 9.17) is 5.73 Å². The first-order valence-electron chi connectivity index (χ1n) is 7.13. The largest absolute Gasteiger partial charge is 0.368 e. The summed E-state index contributed by atoms with van der Waals surface area (Å²) in [5, 5.41) is 0. The van der Waals surface area contributed by atoms with Crippen LogP contribution < -0.4 is 5.73 Å². The van der Waals surface area contributed by atoms with Crippen LogP contribution in [0.2, 0.25) is 0 Å². The molecule has 5 heteroatoms. The molecular formula is C17H19N3O2. The summed E-state index contributed by atoms with van der Waals surface area (Å²) in [7, 11) is 0. The van der Waals surface area contributed by atoms with Crippen LogP contribution >= 0.6 is 0 Å². The van der Waals surface area contributed by atoms with Crippen molar-refractivity contribution in [3.05, 3.63) is 53.7 Å². The Bertz CT molecular complexity index is 684. The van der Waals surface area contributed by atoms with Gasteiger partial charge in [-0.25, -0.2) is 0 Å². The lowest BCUT2D eigenvalue weighted by molar-refractivity contribution is -0.118. The van der Waals surface area contributed by atoms with Crippen LogP contribution in [0.1, 0.15) is 22.8 Å². The fourth-order valence-corrected chi connectivity index (χ4v) is 2.35. The van der Waals surface area contributed by atoms with Crippen LogP contribution in [0.15, 0.2) is 42.6 Å². The highest BCUT2D eigenvalue weighted by atomic mass is 16.2. The molecule has 2 aromatic rings. The van der Waals surface area contributed by atoms with Crippen molar-refractivity contribution in [1.29, 1.82) is 0 Å². The van der Waals surface area contributed by atoms with Gasteiger partial charge < -0.3 is 10.6 Å². The summed E-state index contributed by atoms with van der Waals surface area (Å²) in [6.07, 6.45) is 1.72. The van der Waals surface area contributed by atoms with Crippen molar-refractivity contribution in [1.82, 2.24) is 9.88 Å². The van der Waals surface area contributed by atoms with Crippen molar-refractivity contribution in [2.45, 2.75) is 13.8 Å². The highest BCUT2D eigenvalue weighted by molar-refractivity contribution is 5.99. The summed E-state index contributed by atoms with van der Waals surface area (Å²) in [4.78, 5) is 29.5. The molecule has 0 fully saturated rings. The predicted molar refractivity (Wildman–Crippen MR) is 85.2 cm³/mol. The molecule has 0 spiro atoms. The number of likely N-dealkylation sites (N-methyl/N-ethyl adjacent to an activating group) is 1. The van der Waals surface area contributed by atoms with Gasteiger partial charge in [0.1, 0.15) is 0 Å². The van der Waals surface area contributed by atoms with Gasteiger partial charge in [-0.3, -0.25) is 14.6 Å². The normalized spacial score (nSPS) is 10.3. The van der Waals surface area contributed by atoms with E-state index in [-0.39, 0.29) is 12.5 Å². The Morgan fingerprint density at radius 1 is 1.18 bits per heavy atom. The second-order valence-corrected chi connectivity index (χ2v) is 4.98. The topological polar surface area (TPSA) is 76.3 Å². The first-order valence-corrected chi connectivity index (χ1v) is 7.13. The molecule has 0 aliphatic heterocycles. The van der Waals surface area contributed by atoms with E-state index in [0.29, 0.717) is 12.1 Å². The van der Waals surface area contributed by atoms with E-state index >= 15 is 0 Å². The maximum atomic E-state index is 12.6. The molecule has 0 atom stereocenters. The van der Waals surface area contributed by atoms with E-state index < -0.39 is 5.91 Å². The van der Waals surface area contributed by atoms with Crippen molar-refractivity contribution in [3.8, 4) is 11.3 Å². The number of nitrogens with two attached hydrogens (primary N) is 1. The number of hydrogen-bond acceptors (Lipinski definition) is 3. The predicted octanol–water partition coefficient (Wildman–Crippen LogP) is 2.00. The standard InChI is InChI=1S/C17H19N3O2/c1-3-20(11-16(18)21)17(22)14-8-6-7-13(12(14)2)15-9-4-5-10-19-15/h4-10H,3,11H2,1-2H3,(H2,18,21). The lowest BCUT2D eigenvalue weighted by Crippen LogP contribution is -2.38. The van der Waals surface area contributed by atoms with Crippen LogP contribution in [0.4, 0.5) is 0 Å². The van der Waals surface area contributed by atoms with E-state index in [9.17, 15) is 9.59 Å². The lowest BCUT2D eigenvalue weighted by Gasteiger charge is -2.21. The minimum Gasteiger partial charge on any atom is -0.368 e. The molecule has 2 N–H and O–H groups in total. The highest BCUT2D eigenvalue weighted by Crippen LogP contribution is 2.24. The number of nitrogens with zero attached hydrogens (tertiary/aromatic N) is 2. The molecule has 0 unspecified atom stereocenters. The van der Waals surface area contributed by atoms with Crippen LogP contribution in [0.3, 0.4) is 0 Å². The van der Waals surface area contributed by atoms with Crippen molar-refractivity contribution in [2.75, 3.05) is 13.1 Å². The van der Waals surface area contributed by atoms with Crippen molar-refractivity contribution in [3.63, 3.8) is 0 Å². The summed E-state index contributed by atoms with van der Waals surface area (Å²) >= 11 is 0. The molecule has 0 radical (unpaired) electrons. The SMILES string of the molecule is CCN(CC(N)=O)C(=O)c1cccc(-c2ccccn2)c1C. The smallest absolute Gasteiger partial charge is 0.254 e. The molecule has 0 saturated carbocycles. The Balaban J connectivity index is 2.40. The third-order valence-corrected chi connectivity index (χ3v) is 3.52. The second-order valence-electron chi connectivity index (χ2n) is 4.98. The molecular weight excluding hydrogens is 278 g/mol. The Morgan fingerprint density at radius 2 is 1.95 bits per heavy atom. The van der Waals surface area contributed by atoms with Crippen molar-refractivity contribution in [2.24, 2.45) is 5.73 Å². The van der Waals surface area contributed by atoms with E-state index in [2.05, 4.69) is 4.98 Å². The number of carbonyl (C=O) groups excluding carboxylic acids is 2. The summed E-state index contributed by atoms with van der Waals surface area (Å²) in [6, 6.07) is 11.2. The number of benzene rings is 1. The third-order valence-electron chi connectivity index (χ3n) is 3.52. The Kier molecular flexibility index (Phi) is 4.88. The number of amides is 2. The first-order chi connectivity index (χ1) is 10.5. The Hall–Kier alpha value is -2.69. The van der Waals surface area contributed by atoms with Crippen molar-refractivity contribution >= 4 is 11.8 Å². The van der Waals surface area contributed by atoms with Gasteiger partial charge in [-0.1, -0.05) is 18.2 Å². The number of rotatable bonds is 5. The van der Waals surface area contributed by atoms with Gasteiger partial charge in [0.2, 0.25) is 5.91 Å². The quantitative estimate of drug-likeness (QED) is 0.917. The van der Waals surface area contributed by atoms with Gasteiger partial charge in [0.05, 0.1) is 12.2 Å². The molecule has 0 aliphatic carbocycles. The molecule has 0 bridgehead atoms.